The highest BCUT2D eigenvalue weighted by atomic mass is 35.5. The fraction of sp³-hybridized carbons (Fsp3) is 0.0909. The van der Waals surface area contributed by atoms with Crippen LogP contribution in [0.5, 0.6) is 5.75 Å². The van der Waals surface area contributed by atoms with E-state index in [4.69, 9.17) is 21.1 Å². The van der Waals surface area contributed by atoms with Gasteiger partial charge in [0.15, 0.2) is 17.3 Å². The zero-order valence-electron chi connectivity index (χ0n) is 15.4. The lowest BCUT2D eigenvalue weighted by Gasteiger charge is -2.24. The molecule has 0 heterocycles. The van der Waals surface area contributed by atoms with Crippen molar-refractivity contribution in [3.8, 4) is 5.75 Å². The molecule has 2 aromatic rings. The second-order valence-corrected chi connectivity index (χ2v) is 6.75. The molecule has 7 heteroatoms. The Morgan fingerprint density at radius 1 is 0.655 bits per heavy atom. The van der Waals surface area contributed by atoms with E-state index >= 15 is 0 Å². The Balaban J connectivity index is 1.98. The molecule has 2 aliphatic carbocycles. The molecule has 0 saturated heterocycles. The summed E-state index contributed by atoms with van der Waals surface area (Å²) < 4.78 is 10.3. The van der Waals surface area contributed by atoms with Crippen molar-refractivity contribution >= 4 is 34.7 Å². The van der Waals surface area contributed by atoms with E-state index in [1.165, 1.54) is 44.6 Å². The Labute approximate surface area is 170 Å². The molecule has 0 aromatic heterocycles. The van der Waals surface area contributed by atoms with E-state index in [0.29, 0.717) is 5.75 Å². The molecular formula is C22H13ClO6. The summed E-state index contributed by atoms with van der Waals surface area (Å²) in [7, 11) is 2.65. The molecule has 0 atom stereocenters. The van der Waals surface area contributed by atoms with Crippen molar-refractivity contribution in [1.82, 2.24) is 0 Å². The van der Waals surface area contributed by atoms with Crippen molar-refractivity contribution in [3.63, 3.8) is 0 Å². The first-order valence-corrected chi connectivity index (χ1v) is 8.92. The summed E-state index contributed by atoms with van der Waals surface area (Å²) in [5.41, 5.74) is -0.226. The molecule has 4 rings (SSSR count). The van der Waals surface area contributed by atoms with E-state index in [2.05, 4.69) is 0 Å². The summed E-state index contributed by atoms with van der Waals surface area (Å²) in [4.78, 5) is 52.1. The Bertz CT molecular complexity index is 1200. The number of allylic oxidation sites excluding steroid dienone is 4. The van der Waals surface area contributed by atoms with Crippen LogP contribution in [-0.2, 0) is 4.74 Å². The summed E-state index contributed by atoms with van der Waals surface area (Å²) in [5, 5.41) is -0.420. The van der Waals surface area contributed by atoms with Gasteiger partial charge in [-0.3, -0.25) is 19.2 Å². The maximum Gasteiger partial charge on any atom is 0.229 e. The molecule has 0 fully saturated rings. The molecule has 2 aliphatic rings. The monoisotopic (exact) mass is 408 g/mol. The van der Waals surface area contributed by atoms with Crippen molar-refractivity contribution in [1.29, 1.82) is 0 Å². The van der Waals surface area contributed by atoms with Gasteiger partial charge in [0, 0.05) is 22.3 Å². The van der Waals surface area contributed by atoms with Crippen LogP contribution in [-0.4, -0.2) is 37.4 Å². The van der Waals surface area contributed by atoms with Gasteiger partial charge in [0.1, 0.15) is 10.8 Å². The van der Waals surface area contributed by atoms with Crippen LogP contribution in [0.2, 0.25) is 0 Å². The number of hydrogen-bond acceptors (Lipinski definition) is 6. The second-order valence-electron chi connectivity index (χ2n) is 6.37. The molecule has 0 spiro atoms. The summed E-state index contributed by atoms with van der Waals surface area (Å²) in [6.07, 6.45) is 0. The van der Waals surface area contributed by atoms with Crippen LogP contribution in [0.1, 0.15) is 41.4 Å². The first-order valence-electron chi connectivity index (χ1n) is 8.55. The number of carbonyl (C=O) groups is 4. The Kier molecular flexibility index (Phi) is 4.43. The number of rotatable bonds is 3. The minimum atomic E-state index is -0.632. The third-order valence-corrected chi connectivity index (χ3v) is 5.25. The zero-order valence-corrected chi connectivity index (χ0v) is 16.1. The number of benzene rings is 2. The van der Waals surface area contributed by atoms with Gasteiger partial charge in [-0.2, -0.15) is 0 Å². The molecule has 0 saturated carbocycles. The van der Waals surface area contributed by atoms with Gasteiger partial charge in [-0.1, -0.05) is 35.9 Å². The lowest BCUT2D eigenvalue weighted by Crippen LogP contribution is -2.29. The first kappa shape index (κ1) is 18.8. The smallest absolute Gasteiger partial charge is 0.229 e. The Morgan fingerprint density at radius 3 is 1.86 bits per heavy atom. The molecule has 2 aromatic carbocycles. The van der Waals surface area contributed by atoms with Crippen molar-refractivity contribution in [2.45, 2.75) is 0 Å². The minimum absolute atomic E-state index is 0.0719. The number of ether oxygens (including phenoxy) is 2. The quantitative estimate of drug-likeness (QED) is 0.772. The Morgan fingerprint density at radius 2 is 1.24 bits per heavy atom. The van der Waals surface area contributed by atoms with Crippen LogP contribution < -0.4 is 4.74 Å². The average molecular weight is 409 g/mol. The fourth-order valence-electron chi connectivity index (χ4n) is 3.50. The van der Waals surface area contributed by atoms with Crippen molar-refractivity contribution < 1.29 is 28.7 Å². The third kappa shape index (κ3) is 2.64. The van der Waals surface area contributed by atoms with E-state index in [1.54, 1.807) is 12.1 Å². The van der Waals surface area contributed by atoms with Gasteiger partial charge in [0.25, 0.3) is 0 Å². The number of halogens is 1. The summed E-state index contributed by atoms with van der Waals surface area (Å²) in [6.45, 7) is 0. The first-order chi connectivity index (χ1) is 13.9. The number of fused-ring (bicyclic) bond motifs is 2. The standard InChI is InChI=1S/C22H13ClO6/c1-28-10-7-8-13-14(9-10)21(27)22(29-2)16(19(13)25)15-17(23)20(26)12-6-4-3-5-11(12)18(15)24/h3-9H,1-2H3. The molecule has 6 nitrogen and oxygen atoms in total. The van der Waals surface area contributed by atoms with Crippen LogP contribution in [0.15, 0.2) is 64.4 Å². The van der Waals surface area contributed by atoms with Gasteiger partial charge in [-0.25, -0.2) is 0 Å². The largest absolute Gasteiger partial charge is 0.497 e. The number of ketones is 4. The van der Waals surface area contributed by atoms with E-state index in [9.17, 15) is 19.2 Å². The van der Waals surface area contributed by atoms with Gasteiger partial charge >= 0.3 is 0 Å². The number of hydrogen-bond donors (Lipinski definition) is 0. The van der Waals surface area contributed by atoms with Crippen LogP contribution in [0, 0.1) is 0 Å². The predicted octanol–water partition coefficient (Wildman–Crippen LogP) is 3.55. The summed E-state index contributed by atoms with van der Waals surface area (Å²) in [6, 6.07) is 10.5. The zero-order chi connectivity index (χ0) is 20.9. The number of Topliss-reactive ketones (excluding diaryl/α,β-unsaturated/α-hetero) is 4. The van der Waals surface area contributed by atoms with Crippen molar-refractivity contribution in [2.75, 3.05) is 14.2 Å². The topological polar surface area (TPSA) is 86.7 Å². The summed E-state index contributed by atoms with van der Waals surface area (Å²) >= 11 is 6.24. The van der Waals surface area contributed by atoms with Gasteiger partial charge in [0.05, 0.1) is 25.4 Å². The molecule has 0 bridgehead atoms. The fourth-order valence-corrected chi connectivity index (χ4v) is 3.78. The van der Waals surface area contributed by atoms with Crippen molar-refractivity contribution in [3.05, 3.63) is 86.7 Å². The van der Waals surface area contributed by atoms with Crippen LogP contribution in [0.4, 0.5) is 0 Å². The van der Waals surface area contributed by atoms with Gasteiger partial charge in [0.2, 0.25) is 11.6 Å². The maximum atomic E-state index is 13.3. The normalized spacial score (nSPS) is 16.1. The molecule has 144 valence electrons. The molecule has 0 amide bonds. The summed E-state index contributed by atoms with van der Waals surface area (Å²) in [5.74, 6) is -2.41. The maximum absolute atomic E-state index is 13.3. The van der Waals surface area contributed by atoms with Crippen LogP contribution in [0.25, 0.3) is 0 Å². The van der Waals surface area contributed by atoms with E-state index in [1.807, 2.05) is 0 Å². The SMILES string of the molecule is COC1=C(C2=C(Cl)C(=O)c3ccccc3C2=O)C(=O)c2ccc(OC)cc2C1=O. The average Bonchev–Trinajstić information content (AvgIpc) is 2.75. The highest BCUT2D eigenvalue weighted by Crippen LogP contribution is 2.39. The van der Waals surface area contributed by atoms with Crippen molar-refractivity contribution in [2.24, 2.45) is 0 Å². The van der Waals surface area contributed by atoms with Gasteiger partial charge < -0.3 is 9.47 Å². The molecule has 0 aliphatic heterocycles. The lowest BCUT2D eigenvalue weighted by molar-refractivity contribution is 0.0900. The minimum Gasteiger partial charge on any atom is -0.497 e. The Hall–Kier alpha value is -3.51. The lowest BCUT2D eigenvalue weighted by atomic mass is 9.79. The number of carbonyl (C=O) groups excluding carboxylic acids is 4. The second kappa shape index (κ2) is 6.83. The van der Waals surface area contributed by atoms with E-state index in [-0.39, 0.29) is 39.2 Å². The molecule has 29 heavy (non-hydrogen) atoms. The highest BCUT2D eigenvalue weighted by molar-refractivity contribution is 6.52. The van der Waals surface area contributed by atoms with Crippen LogP contribution in [0.3, 0.4) is 0 Å². The third-order valence-electron chi connectivity index (χ3n) is 4.89. The van der Waals surface area contributed by atoms with Gasteiger partial charge in [-0.05, 0) is 18.2 Å². The molecule has 0 radical (unpaired) electrons. The van der Waals surface area contributed by atoms with E-state index < -0.39 is 28.2 Å². The van der Waals surface area contributed by atoms with Gasteiger partial charge in [-0.15, -0.1) is 0 Å². The predicted molar refractivity (Wildman–Crippen MR) is 104 cm³/mol. The molecule has 0 N–H and O–H groups in total. The van der Waals surface area contributed by atoms with E-state index in [0.717, 1.165) is 0 Å². The molecular weight excluding hydrogens is 396 g/mol. The van der Waals surface area contributed by atoms with Crippen LogP contribution >= 0.6 is 11.6 Å². The number of methoxy groups -OCH3 is 2. The highest BCUT2D eigenvalue weighted by Gasteiger charge is 2.42. The molecule has 0 unspecified atom stereocenters.